The highest BCUT2D eigenvalue weighted by molar-refractivity contribution is 7.92. The Morgan fingerprint density at radius 3 is 2.13 bits per heavy atom. The summed E-state index contributed by atoms with van der Waals surface area (Å²) in [6, 6.07) is 29.5. The Kier molecular flexibility index (Phi) is 11.4. The van der Waals surface area contributed by atoms with E-state index >= 15 is 0 Å². The first kappa shape index (κ1) is 34.2. The molecule has 1 aliphatic carbocycles. The van der Waals surface area contributed by atoms with E-state index in [0.29, 0.717) is 10.7 Å². The lowest BCUT2D eigenvalue weighted by molar-refractivity contribution is -0.140. The zero-order valence-corrected chi connectivity index (χ0v) is 28.5. The van der Waals surface area contributed by atoms with E-state index in [0.717, 1.165) is 58.7 Å². The Morgan fingerprint density at radius 1 is 0.809 bits per heavy atom. The van der Waals surface area contributed by atoms with E-state index in [9.17, 15) is 18.0 Å². The Balaban J connectivity index is 1.56. The monoisotopic (exact) mass is 671 g/mol. The summed E-state index contributed by atoms with van der Waals surface area (Å²) in [7, 11) is -4.18. The van der Waals surface area contributed by atoms with E-state index in [-0.39, 0.29) is 29.8 Å². The van der Waals surface area contributed by atoms with E-state index in [4.69, 9.17) is 11.6 Å². The van der Waals surface area contributed by atoms with Gasteiger partial charge in [-0.1, -0.05) is 109 Å². The van der Waals surface area contributed by atoms with Crippen LogP contribution >= 0.6 is 11.6 Å². The van der Waals surface area contributed by atoms with Gasteiger partial charge in [-0.2, -0.15) is 0 Å². The van der Waals surface area contributed by atoms with Crippen LogP contribution in [0.15, 0.2) is 108 Å². The number of hydrogen-bond acceptors (Lipinski definition) is 4. The van der Waals surface area contributed by atoms with Gasteiger partial charge in [0, 0.05) is 24.0 Å². The number of amides is 2. The molecule has 1 N–H and O–H groups in total. The molecule has 0 unspecified atom stereocenters. The van der Waals surface area contributed by atoms with Gasteiger partial charge in [0.25, 0.3) is 10.0 Å². The number of carbonyl (C=O) groups excluding carboxylic acids is 2. The zero-order chi connectivity index (χ0) is 33.4. The summed E-state index contributed by atoms with van der Waals surface area (Å²) in [6.45, 7) is 3.48. The van der Waals surface area contributed by atoms with Crippen LogP contribution in [0.25, 0.3) is 0 Å². The predicted molar refractivity (Wildman–Crippen MR) is 188 cm³/mol. The largest absolute Gasteiger partial charge is 0.352 e. The molecule has 0 aliphatic heterocycles. The van der Waals surface area contributed by atoms with Gasteiger partial charge < -0.3 is 10.2 Å². The second-order valence-corrected chi connectivity index (χ2v) is 14.7. The van der Waals surface area contributed by atoms with Crippen LogP contribution in [0, 0.1) is 13.8 Å². The molecule has 1 saturated carbocycles. The van der Waals surface area contributed by atoms with Crippen LogP contribution in [0.5, 0.6) is 0 Å². The molecule has 1 fully saturated rings. The molecule has 0 saturated heterocycles. The molecule has 4 aromatic carbocycles. The molecule has 0 aromatic heterocycles. The van der Waals surface area contributed by atoms with Crippen molar-refractivity contribution in [2.24, 2.45) is 0 Å². The lowest BCUT2D eigenvalue weighted by Crippen LogP contribution is -2.55. The minimum atomic E-state index is -4.18. The number of hydrogen-bond donors (Lipinski definition) is 1. The van der Waals surface area contributed by atoms with Gasteiger partial charge in [-0.25, -0.2) is 8.42 Å². The lowest BCUT2D eigenvalue weighted by Gasteiger charge is -2.35. The third-order valence-corrected chi connectivity index (χ3v) is 10.7. The van der Waals surface area contributed by atoms with Gasteiger partial charge in [-0.15, -0.1) is 0 Å². The molecular formula is C38H42ClN3O4S. The fourth-order valence-corrected chi connectivity index (χ4v) is 7.62. The van der Waals surface area contributed by atoms with Crippen molar-refractivity contribution in [1.82, 2.24) is 10.2 Å². The molecule has 47 heavy (non-hydrogen) atoms. The smallest absolute Gasteiger partial charge is 0.264 e. The fourth-order valence-electron chi connectivity index (χ4n) is 6.08. The molecule has 0 bridgehead atoms. The number of benzene rings is 4. The Bertz CT molecular complexity index is 1760. The number of aryl methyl sites for hydroxylation is 2. The van der Waals surface area contributed by atoms with Crippen LogP contribution in [0.4, 0.5) is 5.69 Å². The second-order valence-electron chi connectivity index (χ2n) is 12.4. The highest BCUT2D eigenvalue weighted by Crippen LogP contribution is 2.27. The van der Waals surface area contributed by atoms with E-state index in [1.807, 2.05) is 68.4 Å². The summed E-state index contributed by atoms with van der Waals surface area (Å²) >= 11 is 6.17. The topological polar surface area (TPSA) is 86.8 Å². The third-order valence-electron chi connectivity index (χ3n) is 8.66. The first-order valence-electron chi connectivity index (χ1n) is 16.1. The van der Waals surface area contributed by atoms with E-state index < -0.39 is 28.5 Å². The zero-order valence-electron chi connectivity index (χ0n) is 26.9. The van der Waals surface area contributed by atoms with Gasteiger partial charge >= 0.3 is 0 Å². The van der Waals surface area contributed by atoms with E-state index in [1.165, 1.54) is 0 Å². The highest BCUT2D eigenvalue weighted by Gasteiger charge is 2.35. The van der Waals surface area contributed by atoms with Gasteiger partial charge in [0.05, 0.1) is 10.6 Å². The highest BCUT2D eigenvalue weighted by atomic mass is 35.5. The number of halogens is 1. The van der Waals surface area contributed by atoms with Crippen molar-refractivity contribution in [2.45, 2.75) is 75.9 Å². The van der Waals surface area contributed by atoms with Crippen molar-refractivity contribution in [3.8, 4) is 0 Å². The maximum atomic E-state index is 14.7. The van der Waals surface area contributed by atoms with Crippen molar-refractivity contribution < 1.29 is 18.0 Å². The number of nitrogens with one attached hydrogen (secondary N) is 1. The van der Waals surface area contributed by atoms with Gasteiger partial charge in [-0.3, -0.25) is 13.9 Å². The molecule has 2 amide bonds. The summed E-state index contributed by atoms with van der Waals surface area (Å²) in [6.07, 6.45) is 5.32. The molecule has 1 aliphatic rings. The van der Waals surface area contributed by atoms with Gasteiger partial charge in [-0.05, 0) is 74.2 Å². The number of nitrogens with zero attached hydrogens (tertiary/aromatic N) is 2. The summed E-state index contributed by atoms with van der Waals surface area (Å²) < 4.78 is 29.5. The van der Waals surface area contributed by atoms with Crippen molar-refractivity contribution in [3.63, 3.8) is 0 Å². The Hall–Kier alpha value is -4.14. The molecule has 1 atom stereocenters. The molecule has 246 valence electrons. The van der Waals surface area contributed by atoms with E-state index in [1.54, 1.807) is 53.4 Å². The molecule has 0 heterocycles. The lowest BCUT2D eigenvalue weighted by atomic mass is 9.94. The van der Waals surface area contributed by atoms with Crippen LogP contribution in [0.1, 0.15) is 54.4 Å². The minimum Gasteiger partial charge on any atom is -0.352 e. The predicted octanol–water partition coefficient (Wildman–Crippen LogP) is 7.24. The quantitative estimate of drug-likeness (QED) is 0.172. The van der Waals surface area contributed by atoms with Crippen LogP contribution in [-0.4, -0.2) is 43.8 Å². The first-order chi connectivity index (χ1) is 22.6. The average molecular weight is 672 g/mol. The second kappa shape index (κ2) is 15.6. The van der Waals surface area contributed by atoms with Crippen LogP contribution in [0.2, 0.25) is 5.02 Å². The van der Waals surface area contributed by atoms with Gasteiger partial charge in [0.1, 0.15) is 12.6 Å². The Labute approximate surface area is 283 Å². The number of rotatable bonds is 12. The number of sulfonamides is 1. The van der Waals surface area contributed by atoms with E-state index in [2.05, 4.69) is 5.32 Å². The summed E-state index contributed by atoms with van der Waals surface area (Å²) in [5, 5.41) is 3.69. The molecule has 5 rings (SSSR count). The van der Waals surface area contributed by atoms with Crippen LogP contribution in [-0.2, 0) is 32.6 Å². The normalized spacial score (nSPS) is 14.3. The first-order valence-corrected chi connectivity index (χ1v) is 18.0. The van der Waals surface area contributed by atoms with Gasteiger partial charge in [0.2, 0.25) is 11.8 Å². The van der Waals surface area contributed by atoms with Crippen molar-refractivity contribution in [3.05, 3.63) is 130 Å². The molecule has 7 nitrogen and oxygen atoms in total. The average Bonchev–Trinajstić information content (AvgIpc) is 3.06. The molecule has 9 heteroatoms. The summed E-state index contributed by atoms with van der Waals surface area (Å²) in [4.78, 5) is 30.5. The summed E-state index contributed by atoms with van der Waals surface area (Å²) in [5.74, 6) is -0.724. The SMILES string of the molecule is Cc1ccc(S(=O)(=O)N(CC(=O)N(Cc2cccc(C)c2)[C@H](Cc2ccccc2)C(=O)NC2CCCCC2)c2ccc(Cl)cc2)cc1. The molecule has 0 radical (unpaired) electrons. The van der Waals surface area contributed by atoms with Gasteiger partial charge in [0.15, 0.2) is 0 Å². The standard InChI is InChI=1S/C38H42ClN3O4S/c1-28-16-22-35(23-17-28)47(45,46)42(34-20-18-32(39)19-21-34)27-37(43)41(26-31-13-9-10-29(2)24-31)36(25-30-11-5-3-6-12-30)38(44)40-33-14-7-4-8-15-33/h3,5-6,9-13,16-24,33,36H,4,7-8,14-15,25-27H2,1-2H3,(H,40,44)/t36-/m1/s1. The maximum Gasteiger partial charge on any atom is 0.264 e. The summed E-state index contributed by atoms with van der Waals surface area (Å²) in [5.41, 5.74) is 3.98. The van der Waals surface area contributed by atoms with Crippen molar-refractivity contribution in [1.29, 1.82) is 0 Å². The van der Waals surface area contributed by atoms with Crippen molar-refractivity contribution >= 4 is 39.1 Å². The maximum absolute atomic E-state index is 14.7. The number of anilines is 1. The molecular weight excluding hydrogens is 630 g/mol. The Morgan fingerprint density at radius 2 is 1.47 bits per heavy atom. The minimum absolute atomic E-state index is 0.0397. The van der Waals surface area contributed by atoms with Crippen molar-refractivity contribution in [2.75, 3.05) is 10.8 Å². The molecule has 4 aromatic rings. The number of carbonyl (C=O) groups is 2. The van der Waals surface area contributed by atoms with Crippen LogP contribution in [0.3, 0.4) is 0 Å². The van der Waals surface area contributed by atoms with Crippen LogP contribution < -0.4 is 9.62 Å². The molecule has 0 spiro atoms. The third kappa shape index (κ3) is 9.02. The fraction of sp³-hybridized carbons (Fsp3) is 0.316.